The molecule has 4 aromatic carbocycles. The van der Waals surface area contributed by atoms with Crippen molar-refractivity contribution in [3.63, 3.8) is 0 Å². The van der Waals surface area contributed by atoms with Gasteiger partial charge in [0.25, 0.3) is 0 Å². The monoisotopic (exact) mass is 506 g/mol. The van der Waals surface area contributed by atoms with E-state index in [2.05, 4.69) is 15.5 Å². The molecule has 1 heterocycles. The molecule has 0 aliphatic rings. The second-order valence-electron chi connectivity index (χ2n) is 8.42. The number of aromatic nitrogens is 3. The Morgan fingerprint density at radius 3 is 2.27 bits per heavy atom. The predicted molar refractivity (Wildman–Crippen MR) is 148 cm³/mol. The summed E-state index contributed by atoms with van der Waals surface area (Å²) in [4.78, 5) is 13.0. The number of benzene rings is 4. The van der Waals surface area contributed by atoms with Crippen LogP contribution >= 0.6 is 11.8 Å². The van der Waals surface area contributed by atoms with E-state index >= 15 is 0 Å². The molecule has 37 heavy (non-hydrogen) atoms. The molecule has 1 N–H and O–H groups in total. The molecule has 5 rings (SSSR count). The largest absolute Gasteiger partial charge is 0.486 e. The first kappa shape index (κ1) is 24.3. The molecule has 0 radical (unpaired) electrons. The molecule has 0 saturated carbocycles. The summed E-state index contributed by atoms with van der Waals surface area (Å²) in [5, 5.41) is 12.5. The zero-order valence-corrected chi connectivity index (χ0v) is 21.2. The molecular formula is C30H26N4O2S. The van der Waals surface area contributed by atoms with Crippen LogP contribution in [0.15, 0.2) is 114 Å². The third-order valence-electron chi connectivity index (χ3n) is 5.72. The highest BCUT2D eigenvalue weighted by Crippen LogP contribution is 2.28. The normalized spacial score (nSPS) is 10.7. The number of anilines is 1. The molecule has 0 spiro atoms. The van der Waals surface area contributed by atoms with E-state index in [-0.39, 0.29) is 18.3 Å². The number of carbonyl (C=O) groups is 1. The fraction of sp³-hybridized carbons (Fsp3) is 0.100. The number of aryl methyl sites for hydroxylation is 1. The van der Waals surface area contributed by atoms with E-state index in [1.807, 2.05) is 121 Å². The number of carbonyl (C=O) groups excluding carboxylic acids is 1. The molecular weight excluding hydrogens is 480 g/mol. The van der Waals surface area contributed by atoms with Crippen molar-refractivity contribution in [1.82, 2.24) is 14.8 Å². The van der Waals surface area contributed by atoms with Crippen molar-refractivity contribution in [3.05, 3.63) is 121 Å². The van der Waals surface area contributed by atoms with Crippen molar-refractivity contribution in [3.8, 4) is 22.6 Å². The molecule has 0 atom stereocenters. The van der Waals surface area contributed by atoms with Gasteiger partial charge in [0, 0.05) is 16.9 Å². The van der Waals surface area contributed by atoms with E-state index in [9.17, 15) is 4.79 Å². The Balaban J connectivity index is 1.33. The topological polar surface area (TPSA) is 69.0 Å². The van der Waals surface area contributed by atoms with Gasteiger partial charge in [0.2, 0.25) is 5.91 Å². The van der Waals surface area contributed by atoms with Gasteiger partial charge in [-0.1, -0.05) is 96.2 Å². The zero-order chi connectivity index (χ0) is 25.5. The third kappa shape index (κ3) is 6.08. The Morgan fingerprint density at radius 2 is 1.51 bits per heavy atom. The zero-order valence-electron chi connectivity index (χ0n) is 20.4. The lowest BCUT2D eigenvalue weighted by Gasteiger charge is -2.13. The number of nitrogens with zero attached hydrogens (tertiary/aromatic N) is 3. The van der Waals surface area contributed by atoms with Gasteiger partial charge >= 0.3 is 0 Å². The molecule has 0 saturated heterocycles. The van der Waals surface area contributed by atoms with Crippen molar-refractivity contribution in [2.45, 2.75) is 18.7 Å². The summed E-state index contributed by atoms with van der Waals surface area (Å²) in [5.74, 6) is 1.48. The van der Waals surface area contributed by atoms with E-state index in [4.69, 9.17) is 4.74 Å². The molecule has 7 heteroatoms. The molecule has 1 amide bonds. The van der Waals surface area contributed by atoms with Crippen LogP contribution in [0.5, 0.6) is 5.75 Å². The van der Waals surface area contributed by atoms with Gasteiger partial charge < -0.3 is 10.1 Å². The van der Waals surface area contributed by atoms with Gasteiger partial charge in [0.1, 0.15) is 12.4 Å². The Labute approximate surface area is 220 Å². The first-order chi connectivity index (χ1) is 18.2. The molecule has 0 fully saturated rings. The van der Waals surface area contributed by atoms with Crippen LogP contribution in [0.4, 0.5) is 5.69 Å². The Hall–Kier alpha value is -4.36. The lowest BCUT2D eigenvalue weighted by Crippen LogP contribution is -2.15. The second kappa shape index (κ2) is 11.6. The van der Waals surface area contributed by atoms with Crippen molar-refractivity contribution in [2.24, 2.45) is 0 Å². The SMILES string of the molecule is Cc1ccc(-n2c(COc3ccccc3)nnc2SCC(=O)Nc2ccccc2-c2ccccc2)cc1. The van der Waals surface area contributed by atoms with Crippen LogP contribution in [0.2, 0.25) is 0 Å². The molecule has 0 aliphatic carbocycles. The smallest absolute Gasteiger partial charge is 0.234 e. The van der Waals surface area contributed by atoms with Crippen molar-refractivity contribution in [1.29, 1.82) is 0 Å². The molecule has 6 nitrogen and oxygen atoms in total. The van der Waals surface area contributed by atoms with Crippen LogP contribution in [-0.2, 0) is 11.4 Å². The number of nitrogens with one attached hydrogen (secondary N) is 1. The highest BCUT2D eigenvalue weighted by atomic mass is 32.2. The highest BCUT2D eigenvalue weighted by Gasteiger charge is 2.17. The molecule has 1 aromatic heterocycles. The maximum atomic E-state index is 13.0. The summed E-state index contributed by atoms with van der Waals surface area (Å²) >= 11 is 1.34. The van der Waals surface area contributed by atoms with E-state index < -0.39 is 0 Å². The van der Waals surface area contributed by atoms with E-state index in [0.29, 0.717) is 11.0 Å². The Kier molecular flexibility index (Phi) is 7.62. The van der Waals surface area contributed by atoms with E-state index in [0.717, 1.165) is 33.8 Å². The fourth-order valence-corrected chi connectivity index (χ4v) is 4.65. The number of amides is 1. The van der Waals surface area contributed by atoms with Crippen molar-refractivity contribution >= 4 is 23.4 Å². The average molecular weight is 507 g/mol. The van der Waals surface area contributed by atoms with Crippen LogP contribution in [0.3, 0.4) is 0 Å². The number of ether oxygens (including phenoxy) is 1. The van der Waals surface area contributed by atoms with Crippen molar-refractivity contribution in [2.75, 3.05) is 11.1 Å². The Bertz CT molecular complexity index is 1470. The van der Waals surface area contributed by atoms with Crippen LogP contribution in [-0.4, -0.2) is 26.4 Å². The van der Waals surface area contributed by atoms with Gasteiger partial charge in [-0.3, -0.25) is 9.36 Å². The van der Waals surface area contributed by atoms with Gasteiger partial charge in [-0.2, -0.15) is 0 Å². The summed E-state index contributed by atoms with van der Waals surface area (Å²) in [6, 6.07) is 35.5. The van der Waals surface area contributed by atoms with Gasteiger partial charge in [-0.25, -0.2) is 0 Å². The molecule has 5 aromatic rings. The minimum Gasteiger partial charge on any atom is -0.486 e. The lowest BCUT2D eigenvalue weighted by molar-refractivity contribution is -0.113. The van der Waals surface area contributed by atoms with Crippen LogP contribution < -0.4 is 10.1 Å². The average Bonchev–Trinajstić information content (AvgIpc) is 3.35. The van der Waals surface area contributed by atoms with Crippen LogP contribution in [0.1, 0.15) is 11.4 Å². The van der Waals surface area contributed by atoms with Crippen molar-refractivity contribution < 1.29 is 9.53 Å². The quantitative estimate of drug-likeness (QED) is 0.230. The molecule has 0 unspecified atom stereocenters. The summed E-state index contributed by atoms with van der Waals surface area (Å²) in [6.45, 7) is 2.30. The number of thioether (sulfide) groups is 1. The Morgan fingerprint density at radius 1 is 0.838 bits per heavy atom. The first-order valence-electron chi connectivity index (χ1n) is 11.9. The maximum absolute atomic E-state index is 13.0. The van der Waals surface area contributed by atoms with Gasteiger partial charge in [0.05, 0.1) is 5.75 Å². The summed E-state index contributed by atoms with van der Waals surface area (Å²) < 4.78 is 7.88. The minimum atomic E-state index is -0.117. The predicted octanol–water partition coefficient (Wildman–Crippen LogP) is 6.55. The van der Waals surface area contributed by atoms with Crippen LogP contribution in [0.25, 0.3) is 16.8 Å². The van der Waals surface area contributed by atoms with Gasteiger partial charge in [-0.15, -0.1) is 10.2 Å². The first-order valence-corrected chi connectivity index (χ1v) is 12.9. The number of para-hydroxylation sites is 2. The standard InChI is InChI=1S/C30H26N4O2S/c1-22-16-18-24(19-17-22)34-28(20-36-25-12-6-3-7-13-25)32-33-30(34)37-21-29(35)31-27-15-9-8-14-26(27)23-10-4-2-5-11-23/h2-19H,20-21H2,1H3,(H,31,35). The fourth-order valence-electron chi connectivity index (χ4n) is 3.88. The lowest BCUT2D eigenvalue weighted by atomic mass is 10.0. The third-order valence-corrected chi connectivity index (χ3v) is 6.65. The van der Waals surface area contributed by atoms with Gasteiger partial charge in [-0.05, 0) is 42.8 Å². The van der Waals surface area contributed by atoms with Crippen LogP contribution in [0, 0.1) is 6.92 Å². The maximum Gasteiger partial charge on any atom is 0.234 e. The number of hydrogen-bond donors (Lipinski definition) is 1. The molecule has 0 bridgehead atoms. The summed E-state index contributed by atoms with van der Waals surface area (Å²) in [6.07, 6.45) is 0. The van der Waals surface area contributed by atoms with E-state index in [1.165, 1.54) is 11.8 Å². The van der Waals surface area contributed by atoms with E-state index in [1.54, 1.807) is 0 Å². The highest BCUT2D eigenvalue weighted by molar-refractivity contribution is 7.99. The minimum absolute atomic E-state index is 0.117. The number of rotatable bonds is 9. The summed E-state index contributed by atoms with van der Waals surface area (Å²) in [7, 11) is 0. The molecule has 184 valence electrons. The van der Waals surface area contributed by atoms with Gasteiger partial charge in [0.15, 0.2) is 11.0 Å². The summed E-state index contributed by atoms with van der Waals surface area (Å²) in [5.41, 5.74) is 4.87. The number of hydrogen-bond acceptors (Lipinski definition) is 5. The second-order valence-corrected chi connectivity index (χ2v) is 9.36. The molecule has 0 aliphatic heterocycles.